The van der Waals surface area contributed by atoms with Gasteiger partial charge in [0.1, 0.15) is 0 Å². The fourth-order valence-corrected chi connectivity index (χ4v) is 2.14. The van der Waals surface area contributed by atoms with Crippen LogP contribution in [0.1, 0.15) is 18.1 Å². The van der Waals surface area contributed by atoms with Gasteiger partial charge >= 0.3 is 0 Å². The molecule has 0 saturated carbocycles. The molecule has 2 aromatic carbocycles. The van der Waals surface area contributed by atoms with Gasteiger partial charge in [-0.3, -0.25) is 0 Å². The van der Waals surface area contributed by atoms with Crippen LogP contribution in [0.3, 0.4) is 0 Å². The molecular formula is C16H13Cl2. The number of hydrogen-bond donors (Lipinski definition) is 0. The highest BCUT2D eigenvalue weighted by Crippen LogP contribution is 2.31. The number of halogens is 2. The lowest BCUT2D eigenvalue weighted by molar-refractivity contribution is 1.20. The van der Waals surface area contributed by atoms with Crippen molar-refractivity contribution >= 4 is 23.2 Å². The van der Waals surface area contributed by atoms with Gasteiger partial charge in [-0.2, -0.15) is 0 Å². The number of benzene rings is 2. The zero-order chi connectivity index (χ0) is 13.1. The van der Waals surface area contributed by atoms with E-state index in [2.05, 4.69) is 6.58 Å². The summed E-state index contributed by atoms with van der Waals surface area (Å²) in [4.78, 5) is 0. The maximum atomic E-state index is 5.91. The van der Waals surface area contributed by atoms with E-state index in [1.54, 1.807) is 0 Å². The molecule has 0 N–H and O–H groups in total. The van der Waals surface area contributed by atoms with Crippen LogP contribution in [0.4, 0.5) is 0 Å². The highest BCUT2D eigenvalue weighted by atomic mass is 35.5. The molecule has 91 valence electrons. The normalized spacial score (nSPS) is 10.7. The molecule has 0 unspecified atom stereocenters. The quantitative estimate of drug-likeness (QED) is 0.690. The molecule has 0 aliphatic rings. The van der Waals surface area contributed by atoms with Crippen molar-refractivity contribution in [3.8, 4) is 0 Å². The van der Waals surface area contributed by atoms with Gasteiger partial charge in [0.2, 0.25) is 0 Å². The molecule has 0 aliphatic heterocycles. The van der Waals surface area contributed by atoms with Gasteiger partial charge < -0.3 is 0 Å². The third-order valence-corrected chi connectivity index (χ3v) is 3.20. The van der Waals surface area contributed by atoms with Gasteiger partial charge in [0.05, 0.1) is 5.92 Å². The smallest absolute Gasteiger partial charge is 0.0580 e. The van der Waals surface area contributed by atoms with Gasteiger partial charge in [0.15, 0.2) is 0 Å². The summed E-state index contributed by atoms with van der Waals surface area (Å²) < 4.78 is 0. The van der Waals surface area contributed by atoms with Gasteiger partial charge in [0, 0.05) is 10.0 Å². The summed E-state index contributed by atoms with van der Waals surface area (Å²) in [6.45, 7) is 6.05. The Morgan fingerprint density at radius 2 is 1.11 bits per heavy atom. The van der Waals surface area contributed by atoms with Gasteiger partial charge in [-0.05, 0) is 42.3 Å². The largest absolute Gasteiger partial charge is 0.0989 e. The maximum absolute atomic E-state index is 5.91. The van der Waals surface area contributed by atoms with Crippen LogP contribution in [0.25, 0.3) is 0 Å². The van der Waals surface area contributed by atoms with Crippen LogP contribution in [0.15, 0.2) is 60.7 Å². The average Bonchev–Trinajstić information content (AvgIpc) is 2.34. The molecule has 0 atom stereocenters. The average molecular weight is 276 g/mol. The Kier molecular flexibility index (Phi) is 4.11. The van der Waals surface area contributed by atoms with E-state index >= 15 is 0 Å². The molecule has 0 spiro atoms. The monoisotopic (exact) mass is 275 g/mol. The molecule has 2 heteroatoms. The summed E-state index contributed by atoms with van der Waals surface area (Å²) in [5, 5.41) is 1.46. The lowest BCUT2D eigenvalue weighted by atomic mass is 9.86. The van der Waals surface area contributed by atoms with E-state index in [1.807, 2.05) is 55.5 Å². The molecule has 0 bridgehead atoms. The third-order valence-electron chi connectivity index (χ3n) is 2.69. The van der Waals surface area contributed by atoms with Gasteiger partial charge in [0.25, 0.3) is 0 Å². The Morgan fingerprint density at radius 3 is 1.39 bits per heavy atom. The Morgan fingerprint density at radius 1 is 0.778 bits per heavy atom. The lowest BCUT2D eigenvalue weighted by Crippen LogP contribution is -2.02. The van der Waals surface area contributed by atoms with E-state index in [0.717, 1.165) is 32.7 Å². The first kappa shape index (κ1) is 13.2. The van der Waals surface area contributed by atoms with Crippen LogP contribution >= 0.6 is 23.2 Å². The fraction of sp³-hybridized carbons (Fsp3) is 0.0625. The van der Waals surface area contributed by atoms with E-state index in [9.17, 15) is 0 Å². The second kappa shape index (κ2) is 5.60. The molecule has 0 aromatic heterocycles. The minimum atomic E-state index is 0.732. The summed E-state index contributed by atoms with van der Waals surface area (Å²) >= 11 is 11.8. The maximum Gasteiger partial charge on any atom is 0.0580 e. The van der Waals surface area contributed by atoms with Gasteiger partial charge in [-0.25, -0.2) is 0 Å². The summed E-state index contributed by atoms with van der Waals surface area (Å²) in [6.07, 6.45) is 0. The van der Waals surface area contributed by atoms with E-state index in [4.69, 9.17) is 23.2 Å². The van der Waals surface area contributed by atoms with Crippen molar-refractivity contribution in [1.29, 1.82) is 0 Å². The fourth-order valence-electron chi connectivity index (χ4n) is 1.89. The van der Waals surface area contributed by atoms with Crippen LogP contribution in [0.2, 0.25) is 10.0 Å². The van der Waals surface area contributed by atoms with E-state index in [-0.39, 0.29) is 0 Å². The Balaban J connectivity index is 2.43. The van der Waals surface area contributed by atoms with Crippen LogP contribution in [-0.4, -0.2) is 0 Å². The van der Waals surface area contributed by atoms with Crippen molar-refractivity contribution in [3.05, 3.63) is 87.8 Å². The van der Waals surface area contributed by atoms with Crippen LogP contribution in [0.5, 0.6) is 0 Å². The van der Waals surface area contributed by atoms with Crippen molar-refractivity contribution in [2.24, 2.45) is 0 Å². The summed E-state index contributed by atoms with van der Waals surface area (Å²) in [5.74, 6) is 1.11. The third kappa shape index (κ3) is 2.95. The number of hydrogen-bond acceptors (Lipinski definition) is 0. The summed E-state index contributed by atoms with van der Waals surface area (Å²) in [6, 6.07) is 15.5. The van der Waals surface area contributed by atoms with Crippen molar-refractivity contribution in [1.82, 2.24) is 0 Å². The molecule has 2 rings (SSSR count). The highest BCUT2D eigenvalue weighted by molar-refractivity contribution is 6.30. The molecule has 0 nitrogen and oxygen atoms in total. The van der Waals surface area contributed by atoms with Gasteiger partial charge in [-0.15, -0.1) is 0 Å². The summed E-state index contributed by atoms with van der Waals surface area (Å²) in [5.41, 5.74) is 3.23. The minimum Gasteiger partial charge on any atom is -0.0989 e. The molecule has 2 aromatic rings. The first-order chi connectivity index (χ1) is 8.58. The Hall–Kier alpha value is -1.24. The van der Waals surface area contributed by atoms with Crippen molar-refractivity contribution in [2.45, 2.75) is 6.92 Å². The first-order valence-electron chi connectivity index (χ1n) is 5.62. The molecule has 0 amide bonds. The first-order valence-corrected chi connectivity index (χ1v) is 6.38. The van der Waals surface area contributed by atoms with Crippen LogP contribution in [-0.2, 0) is 0 Å². The zero-order valence-electron chi connectivity index (χ0n) is 10.1. The van der Waals surface area contributed by atoms with E-state index in [0.29, 0.717) is 0 Å². The van der Waals surface area contributed by atoms with E-state index in [1.165, 1.54) is 0 Å². The topological polar surface area (TPSA) is 0 Å². The second-order valence-corrected chi connectivity index (χ2v) is 5.04. The molecule has 0 saturated heterocycles. The number of allylic oxidation sites excluding steroid dienone is 1. The Bertz CT molecular complexity index is 493. The van der Waals surface area contributed by atoms with Crippen molar-refractivity contribution in [2.75, 3.05) is 0 Å². The van der Waals surface area contributed by atoms with Crippen molar-refractivity contribution in [3.63, 3.8) is 0 Å². The SMILES string of the molecule is C=C(C)[C](c1ccc(Cl)cc1)c1ccc(Cl)cc1. The highest BCUT2D eigenvalue weighted by Gasteiger charge is 2.15. The molecule has 0 fully saturated rings. The zero-order valence-corrected chi connectivity index (χ0v) is 11.6. The molecule has 0 heterocycles. The minimum absolute atomic E-state index is 0.732. The molecular weight excluding hydrogens is 263 g/mol. The molecule has 18 heavy (non-hydrogen) atoms. The predicted molar refractivity (Wildman–Crippen MR) is 79.2 cm³/mol. The van der Waals surface area contributed by atoms with Gasteiger partial charge in [-0.1, -0.05) is 59.6 Å². The van der Waals surface area contributed by atoms with Crippen LogP contribution < -0.4 is 0 Å². The standard InChI is InChI=1S/C16H13Cl2/c1-11(2)16(12-3-7-14(17)8-4-12)13-5-9-15(18)10-6-13/h3-10H,1H2,2H3. The van der Waals surface area contributed by atoms with Crippen molar-refractivity contribution < 1.29 is 0 Å². The summed E-state index contributed by atoms with van der Waals surface area (Å²) in [7, 11) is 0. The molecule has 0 aliphatic carbocycles. The second-order valence-electron chi connectivity index (χ2n) is 4.17. The predicted octanol–water partition coefficient (Wildman–Crippen LogP) is 5.54. The lowest BCUT2D eigenvalue weighted by Gasteiger charge is -2.17. The van der Waals surface area contributed by atoms with E-state index < -0.39 is 0 Å². The molecule has 1 radical (unpaired) electrons. The Labute approximate surface area is 118 Å². The van der Waals surface area contributed by atoms with Crippen LogP contribution in [0, 0.1) is 5.92 Å². The number of rotatable bonds is 3.